The van der Waals surface area contributed by atoms with E-state index in [-0.39, 0.29) is 12.2 Å². The van der Waals surface area contributed by atoms with Gasteiger partial charge in [0, 0.05) is 11.8 Å². The average molecular weight is 247 g/mol. The summed E-state index contributed by atoms with van der Waals surface area (Å²) < 4.78 is 10.5. The van der Waals surface area contributed by atoms with Gasteiger partial charge in [-0.15, -0.1) is 0 Å². The van der Waals surface area contributed by atoms with Crippen LogP contribution in [0.4, 0.5) is 0 Å². The van der Waals surface area contributed by atoms with E-state index in [4.69, 9.17) is 14.3 Å². The number of aromatic nitrogens is 1. The summed E-state index contributed by atoms with van der Waals surface area (Å²) in [6.07, 6.45) is 2.20. The average Bonchev–Trinajstić information content (AvgIpc) is 2.89. The van der Waals surface area contributed by atoms with Gasteiger partial charge in [-0.1, -0.05) is 6.92 Å². The minimum atomic E-state index is -0.991. The van der Waals surface area contributed by atoms with Crippen molar-refractivity contribution in [3.05, 3.63) is 47.5 Å². The predicted octanol–water partition coefficient (Wildman–Crippen LogP) is 2.51. The van der Waals surface area contributed by atoms with Crippen LogP contribution in [0.2, 0.25) is 0 Å². The fraction of sp³-hybridized carbons (Fsp3) is 0.231. The first-order valence-electron chi connectivity index (χ1n) is 5.58. The molecule has 2 aromatic rings. The molecule has 5 nitrogen and oxygen atoms in total. The highest BCUT2D eigenvalue weighted by Crippen LogP contribution is 2.15. The Bertz CT molecular complexity index is 534. The number of carboxylic acid groups (broad SMARTS) is 1. The molecule has 2 rings (SSSR count). The van der Waals surface area contributed by atoms with Crippen LogP contribution in [0.1, 0.15) is 28.7 Å². The number of ether oxygens (including phenoxy) is 1. The van der Waals surface area contributed by atoms with Gasteiger partial charge in [-0.3, -0.25) is 0 Å². The number of furan rings is 1. The Kier molecular flexibility index (Phi) is 3.62. The van der Waals surface area contributed by atoms with Crippen LogP contribution in [-0.2, 0) is 13.0 Å². The Balaban J connectivity index is 2.16. The van der Waals surface area contributed by atoms with Crippen molar-refractivity contribution in [2.45, 2.75) is 20.0 Å². The first kappa shape index (κ1) is 12.2. The molecule has 2 aromatic heterocycles. The van der Waals surface area contributed by atoms with Gasteiger partial charge in [-0.05, 0) is 24.6 Å². The number of nitrogens with zero attached hydrogens (tertiary/aromatic N) is 1. The minimum absolute atomic E-state index is 0.177. The summed E-state index contributed by atoms with van der Waals surface area (Å²) in [5.41, 5.74) is 0.862. The fourth-order valence-corrected chi connectivity index (χ4v) is 1.48. The monoisotopic (exact) mass is 247 g/mol. The lowest BCUT2D eigenvalue weighted by Crippen LogP contribution is -2.03. The lowest BCUT2D eigenvalue weighted by Gasteiger charge is -2.06. The number of pyridine rings is 1. The molecule has 0 saturated heterocycles. The highest BCUT2D eigenvalue weighted by Gasteiger charge is 2.09. The third kappa shape index (κ3) is 2.88. The second kappa shape index (κ2) is 5.35. The number of aryl methyl sites for hydroxylation is 1. The first-order valence-corrected chi connectivity index (χ1v) is 5.58. The number of carbonyl (C=O) groups is 1. The summed E-state index contributed by atoms with van der Waals surface area (Å²) in [4.78, 5) is 15.2. The maximum Gasteiger partial charge on any atom is 0.335 e. The molecule has 0 saturated carbocycles. The van der Waals surface area contributed by atoms with Crippen molar-refractivity contribution in [3.63, 3.8) is 0 Å². The zero-order chi connectivity index (χ0) is 13.0. The van der Waals surface area contributed by atoms with Crippen LogP contribution in [0.3, 0.4) is 0 Å². The SMILES string of the molecule is CCc1cc(C(=O)O)cc(OCc2ccco2)n1. The van der Waals surface area contributed by atoms with Gasteiger partial charge >= 0.3 is 5.97 Å². The number of hydrogen-bond acceptors (Lipinski definition) is 4. The molecule has 0 atom stereocenters. The molecular formula is C13H13NO4. The number of rotatable bonds is 5. The van der Waals surface area contributed by atoms with E-state index in [2.05, 4.69) is 4.98 Å². The largest absolute Gasteiger partial charge is 0.478 e. The third-order valence-electron chi connectivity index (χ3n) is 2.41. The molecule has 2 heterocycles. The molecule has 94 valence electrons. The molecule has 0 spiro atoms. The zero-order valence-electron chi connectivity index (χ0n) is 9.92. The quantitative estimate of drug-likeness (QED) is 0.878. The van der Waals surface area contributed by atoms with E-state index in [9.17, 15) is 4.79 Å². The van der Waals surface area contributed by atoms with E-state index in [1.165, 1.54) is 6.07 Å². The van der Waals surface area contributed by atoms with Crippen molar-refractivity contribution in [2.24, 2.45) is 0 Å². The van der Waals surface area contributed by atoms with Crippen LogP contribution < -0.4 is 4.74 Å². The molecule has 5 heteroatoms. The molecule has 0 bridgehead atoms. The smallest absolute Gasteiger partial charge is 0.335 e. The van der Waals surface area contributed by atoms with Crippen molar-refractivity contribution in [3.8, 4) is 5.88 Å². The summed E-state index contributed by atoms with van der Waals surface area (Å²) in [5.74, 6) is -0.0336. The van der Waals surface area contributed by atoms with Crippen LogP contribution in [0.5, 0.6) is 5.88 Å². The molecule has 1 N–H and O–H groups in total. The first-order chi connectivity index (χ1) is 8.69. The standard InChI is InChI=1S/C13H13NO4/c1-2-10-6-9(13(15)16)7-12(14-10)18-8-11-4-3-5-17-11/h3-7H,2,8H2,1H3,(H,15,16). The molecule has 0 aliphatic rings. The maximum atomic E-state index is 11.0. The van der Waals surface area contributed by atoms with Crippen molar-refractivity contribution >= 4 is 5.97 Å². The van der Waals surface area contributed by atoms with Gasteiger partial charge in [0.1, 0.15) is 12.4 Å². The van der Waals surface area contributed by atoms with Crippen LogP contribution >= 0.6 is 0 Å². The van der Waals surface area contributed by atoms with Gasteiger partial charge in [0.2, 0.25) is 5.88 Å². The summed E-state index contributed by atoms with van der Waals surface area (Å²) >= 11 is 0. The summed E-state index contributed by atoms with van der Waals surface area (Å²) in [5, 5.41) is 8.98. The second-order valence-corrected chi connectivity index (χ2v) is 3.71. The Morgan fingerprint density at radius 2 is 2.33 bits per heavy atom. The Hall–Kier alpha value is -2.30. The Labute approximate surface area is 104 Å². The van der Waals surface area contributed by atoms with E-state index in [0.717, 1.165) is 0 Å². The van der Waals surface area contributed by atoms with Crippen molar-refractivity contribution in [1.29, 1.82) is 0 Å². The summed E-state index contributed by atoms with van der Waals surface area (Å²) in [6, 6.07) is 6.49. The number of aromatic carboxylic acids is 1. The van der Waals surface area contributed by atoms with E-state index in [1.807, 2.05) is 6.92 Å². The van der Waals surface area contributed by atoms with Crippen molar-refractivity contribution in [2.75, 3.05) is 0 Å². The van der Waals surface area contributed by atoms with E-state index < -0.39 is 5.97 Å². The van der Waals surface area contributed by atoms with Gasteiger partial charge in [0.15, 0.2) is 0 Å². The van der Waals surface area contributed by atoms with Crippen LogP contribution in [0.15, 0.2) is 34.9 Å². The molecule has 18 heavy (non-hydrogen) atoms. The molecular weight excluding hydrogens is 234 g/mol. The minimum Gasteiger partial charge on any atom is -0.478 e. The Morgan fingerprint density at radius 1 is 1.50 bits per heavy atom. The molecule has 0 aromatic carbocycles. The number of carboxylic acids is 1. The van der Waals surface area contributed by atoms with Gasteiger partial charge in [-0.2, -0.15) is 0 Å². The fourth-order valence-electron chi connectivity index (χ4n) is 1.48. The third-order valence-corrected chi connectivity index (χ3v) is 2.41. The normalized spacial score (nSPS) is 10.3. The lowest BCUT2D eigenvalue weighted by molar-refractivity contribution is 0.0696. The van der Waals surface area contributed by atoms with Gasteiger partial charge < -0.3 is 14.3 Å². The van der Waals surface area contributed by atoms with Crippen molar-refractivity contribution in [1.82, 2.24) is 4.98 Å². The van der Waals surface area contributed by atoms with E-state index in [0.29, 0.717) is 23.8 Å². The maximum absolute atomic E-state index is 11.0. The molecule has 0 aliphatic carbocycles. The highest BCUT2D eigenvalue weighted by molar-refractivity contribution is 5.88. The second-order valence-electron chi connectivity index (χ2n) is 3.71. The summed E-state index contributed by atoms with van der Waals surface area (Å²) in [6.45, 7) is 2.14. The molecule has 0 aliphatic heterocycles. The van der Waals surface area contributed by atoms with Gasteiger partial charge in [0.25, 0.3) is 0 Å². The molecule has 0 amide bonds. The Morgan fingerprint density at radius 3 is 2.94 bits per heavy atom. The number of hydrogen-bond donors (Lipinski definition) is 1. The topological polar surface area (TPSA) is 72.6 Å². The zero-order valence-corrected chi connectivity index (χ0v) is 9.92. The summed E-state index contributed by atoms with van der Waals surface area (Å²) in [7, 11) is 0. The predicted molar refractivity (Wildman–Crippen MR) is 63.6 cm³/mol. The molecule has 0 unspecified atom stereocenters. The van der Waals surface area contributed by atoms with E-state index in [1.54, 1.807) is 24.5 Å². The van der Waals surface area contributed by atoms with Crippen LogP contribution in [0, 0.1) is 0 Å². The highest BCUT2D eigenvalue weighted by atomic mass is 16.5. The van der Waals surface area contributed by atoms with Gasteiger partial charge in [0.05, 0.1) is 11.8 Å². The molecule has 0 fully saturated rings. The van der Waals surface area contributed by atoms with Crippen LogP contribution in [-0.4, -0.2) is 16.1 Å². The van der Waals surface area contributed by atoms with Crippen molar-refractivity contribution < 1.29 is 19.1 Å². The van der Waals surface area contributed by atoms with Crippen LogP contribution in [0.25, 0.3) is 0 Å². The lowest BCUT2D eigenvalue weighted by atomic mass is 10.2. The van der Waals surface area contributed by atoms with Gasteiger partial charge in [-0.25, -0.2) is 9.78 Å². The molecule has 0 radical (unpaired) electrons. The van der Waals surface area contributed by atoms with E-state index >= 15 is 0 Å².